The Hall–Kier alpha value is -2.68. The molecule has 1 heterocycles. The summed E-state index contributed by atoms with van der Waals surface area (Å²) in [6.07, 6.45) is 11.1. The van der Waals surface area contributed by atoms with Crippen LogP contribution < -0.4 is 0 Å². The second kappa shape index (κ2) is 7.98. The van der Waals surface area contributed by atoms with Gasteiger partial charge in [-0.1, -0.05) is 68.5 Å². The van der Waals surface area contributed by atoms with E-state index in [0.29, 0.717) is 5.92 Å². The average molecular weight is 387 g/mol. The van der Waals surface area contributed by atoms with E-state index in [2.05, 4.69) is 67.6 Å². The van der Waals surface area contributed by atoms with E-state index in [0.717, 1.165) is 31.0 Å². The number of benzene rings is 1. The molecular weight excluding hydrogens is 356 g/mol. The van der Waals surface area contributed by atoms with E-state index < -0.39 is 0 Å². The van der Waals surface area contributed by atoms with Crippen molar-refractivity contribution in [1.82, 2.24) is 9.78 Å². The summed E-state index contributed by atoms with van der Waals surface area (Å²) in [5, 5.41) is 4.93. The van der Waals surface area contributed by atoms with Crippen molar-refractivity contribution in [2.75, 3.05) is 0 Å². The minimum atomic E-state index is -0.0182. The van der Waals surface area contributed by atoms with Crippen LogP contribution >= 0.6 is 0 Å². The van der Waals surface area contributed by atoms with Crippen molar-refractivity contribution in [3.63, 3.8) is 0 Å². The van der Waals surface area contributed by atoms with Gasteiger partial charge in [0, 0.05) is 29.6 Å². The number of fused-ring (bicyclic) bond motifs is 1. The fourth-order valence-corrected chi connectivity index (χ4v) is 4.67. The van der Waals surface area contributed by atoms with Crippen molar-refractivity contribution in [3.05, 3.63) is 77.5 Å². The van der Waals surface area contributed by atoms with Crippen LogP contribution in [-0.4, -0.2) is 15.6 Å². The van der Waals surface area contributed by atoms with Crippen molar-refractivity contribution in [2.24, 2.45) is 11.8 Å². The van der Waals surface area contributed by atoms with Crippen molar-refractivity contribution in [2.45, 2.75) is 52.5 Å². The zero-order valence-corrected chi connectivity index (χ0v) is 17.7. The summed E-state index contributed by atoms with van der Waals surface area (Å²) in [6, 6.07) is 8.98. The molecule has 2 aliphatic rings. The lowest BCUT2D eigenvalue weighted by molar-refractivity contribution is -0.117. The number of hydrogen-bond donors (Lipinski definition) is 0. The highest BCUT2D eigenvalue weighted by molar-refractivity contribution is 5.90. The molecule has 3 atom stereocenters. The van der Waals surface area contributed by atoms with E-state index in [1.807, 2.05) is 6.92 Å². The Kier molecular flexibility index (Phi) is 5.40. The van der Waals surface area contributed by atoms with Crippen LogP contribution in [0.15, 0.2) is 60.7 Å². The summed E-state index contributed by atoms with van der Waals surface area (Å²) in [6.45, 7) is 10.7. The van der Waals surface area contributed by atoms with Gasteiger partial charge >= 0.3 is 0 Å². The van der Waals surface area contributed by atoms with E-state index in [1.54, 1.807) is 5.57 Å². The van der Waals surface area contributed by atoms with Gasteiger partial charge in [-0.15, -0.1) is 0 Å². The van der Waals surface area contributed by atoms with Gasteiger partial charge in [0.05, 0.1) is 5.69 Å². The zero-order chi connectivity index (χ0) is 20.5. The molecule has 0 radical (unpaired) electrons. The van der Waals surface area contributed by atoms with Gasteiger partial charge in [0.25, 0.3) is 0 Å². The Morgan fingerprint density at radius 2 is 2.10 bits per heavy atom. The lowest BCUT2D eigenvalue weighted by Crippen LogP contribution is -2.13. The number of ketones is 1. The lowest BCUT2D eigenvalue weighted by atomic mass is 10.0. The molecule has 3 nitrogen and oxygen atoms in total. The SMILES string of the molecule is C=CC(=O)C(C)CCn1nc(-c2ccc([C@H]3C4=CC=CCC43)cc2)c(C)c1CC. The minimum Gasteiger partial charge on any atom is -0.295 e. The molecule has 4 rings (SSSR count). The number of allylic oxidation sites excluding steroid dienone is 5. The highest BCUT2D eigenvalue weighted by atomic mass is 16.1. The highest BCUT2D eigenvalue weighted by Gasteiger charge is 2.44. The minimum absolute atomic E-state index is 0.0182. The van der Waals surface area contributed by atoms with E-state index in [1.165, 1.54) is 34.9 Å². The molecule has 0 bridgehead atoms. The number of rotatable bonds is 8. The second-order valence-electron chi connectivity index (χ2n) is 8.33. The Labute approximate surface area is 173 Å². The maximum absolute atomic E-state index is 11.8. The summed E-state index contributed by atoms with van der Waals surface area (Å²) in [7, 11) is 0. The molecule has 29 heavy (non-hydrogen) atoms. The molecule has 3 heteroatoms. The molecule has 150 valence electrons. The van der Waals surface area contributed by atoms with Gasteiger partial charge in [-0.3, -0.25) is 9.48 Å². The van der Waals surface area contributed by atoms with Gasteiger partial charge in [0.2, 0.25) is 0 Å². The Balaban J connectivity index is 1.53. The van der Waals surface area contributed by atoms with Crippen LogP contribution in [0.25, 0.3) is 11.3 Å². The standard InChI is InChI=1S/C26H30N2O/c1-5-23-18(4)26(27-28(23)16-15-17(3)24(29)6-2)20-13-11-19(12-14-20)25-21-9-7-8-10-22(21)25/h6-9,11-14,17,22,25H,2,5,10,15-16H2,1,3-4H3/t17?,22?,25-/m0/s1. The lowest BCUT2D eigenvalue weighted by Gasteiger charge is -2.10. The molecule has 1 saturated carbocycles. The maximum atomic E-state index is 11.8. The fraction of sp³-hybridized carbons (Fsp3) is 0.385. The van der Waals surface area contributed by atoms with Crippen LogP contribution in [0.4, 0.5) is 0 Å². The van der Waals surface area contributed by atoms with Crippen LogP contribution in [0.5, 0.6) is 0 Å². The predicted octanol–water partition coefficient (Wildman–Crippen LogP) is 5.80. The van der Waals surface area contributed by atoms with Gasteiger partial charge < -0.3 is 0 Å². The second-order valence-corrected chi connectivity index (χ2v) is 8.33. The molecule has 1 aromatic heterocycles. The molecule has 1 aromatic carbocycles. The van der Waals surface area contributed by atoms with Gasteiger partial charge in [-0.05, 0) is 49.3 Å². The summed E-state index contributed by atoms with van der Waals surface area (Å²) in [5.41, 5.74) is 7.73. The number of aryl methyl sites for hydroxylation is 1. The molecule has 0 saturated heterocycles. The number of carbonyl (C=O) groups is 1. The molecule has 1 fully saturated rings. The normalized spacial score (nSPS) is 20.7. The fourth-order valence-electron chi connectivity index (χ4n) is 4.67. The summed E-state index contributed by atoms with van der Waals surface area (Å²) >= 11 is 0. The van der Waals surface area contributed by atoms with Crippen molar-refractivity contribution in [1.29, 1.82) is 0 Å². The topological polar surface area (TPSA) is 34.9 Å². The molecule has 2 aromatic rings. The number of aromatic nitrogens is 2. The first-order chi connectivity index (χ1) is 14.0. The first-order valence-corrected chi connectivity index (χ1v) is 10.7. The Bertz CT molecular complexity index is 990. The van der Waals surface area contributed by atoms with Crippen molar-refractivity contribution in [3.8, 4) is 11.3 Å². The van der Waals surface area contributed by atoms with E-state index in [4.69, 9.17) is 5.10 Å². The third-order valence-electron chi connectivity index (χ3n) is 6.55. The first kappa shape index (κ1) is 19.6. The zero-order valence-electron chi connectivity index (χ0n) is 17.7. The van der Waals surface area contributed by atoms with Crippen LogP contribution in [0.3, 0.4) is 0 Å². The maximum Gasteiger partial charge on any atom is 0.157 e. The molecule has 0 amide bonds. The van der Waals surface area contributed by atoms with Gasteiger partial charge in [0.1, 0.15) is 0 Å². The molecule has 2 unspecified atom stereocenters. The Morgan fingerprint density at radius 3 is 2.72 bits per heavy atom. The monoisotopic (exact) mass is 386 g/mol. The average Bonchev–Trinajstić information content (AvgIpc) is 3.40. The van der Waals surface area contributed by atoms with Crippen LogP contribution in [0.1, 0.15) is 49.4 Å². The number of hydrogen-bond acceptors (Lipinski definition) is 2. The van der Waals surface area contributed by atoms with Crippen LogP contribution in [0.2, 0.25) is 0 Å². The van der Waals surface area contributed by atoms with Crippen molar-refractivity contribution >= 4 is 5.78 Å². The third-order valence-corrected chi connectivity index (χ3v) is 6.55. The molecule has 0 spiro atoms. The molecule has 2 aliphatic carbocycles. The van der Waals surface area contributed by atoms with Crippen LogP contribution in [-0.2, 0) is 17.8 Å². The quantitative estimate of drug-likeness (QED) is 0.537. The van der Waals surface area contributed by atoms with E-state index >= 15 is 0 Å². The summed E-state index contributed by atoms with van der Waals surface area (Å²) in [4.78, 5) is 11.8. The van der Waals surface area contributed by atoms with E-state index in [-0.39, 0.29) is 11.7 Å². The van der Waals surface area contributed by atoms with Gasteiger partial charge in [-0.25, -0.2) is 0 Å². The summed E-state index contributed by atoms with van der Waals surface area (Å²) < 4.78 is 2.09. The largest absolute Gasteiger partial charge is 0.295 e. The molecular formula is C26H30N2O. The number of carbonyl (C=O) groups excluding carboxylic acids is 1. The van der Waals surface area contributed by atoms with Gasteiger partial charge in [0.15, 0.2) is 5.78 Å². The third kappa shape index (κ3) is 3.66. The first-order valence-electron chi connectivity index (χ1n) is 10.7. The highest BCUT2D eigenvalue weighted by Crippen LogP contribution is 2.57. The smallest absolute Gasteiger partial charge is 0.157 e. The van der Waals surface area contributed by atoms with Crippen molar-refractivity contribution < 1.29 is 4.79 Å². The molecule has 0 aliphatic heterocycles. The predicted molar refractivity (Wildman–Crippen MR) is 119 cm³/mol. The van der Waals surface area contributed by atoms with E-state index in [9.17, 15) is 4.79 Å². The van der Waals surface area contributed by atoms with Crippen LogP contribution in [0, 0.1) is 18.8 Å². The van der Waals surface area contributed by atoms with Gasteiger partial charge in [-0.2, -0.15) is 5.10 Å². The molecule has 0 N–H and O–H groups in total. The summed E-state index contributed by atoms with van der Waals surface area (Å²) in [5.74, 6) is 1.41. The number of nitrogens with zero attached hydrogens (tertiary/aromatic N) is 2. The Morgan fingerprint density at radius 1 is 1.34 bits per heavy atom.